The van der Waals surface area contributed by atoms with Gasteiger partial charge >= 0.3 is 6.18 Å². The summed E-state index contributed by atoms with van der Waals surface area (Å²) in [5.41, 5.74) is 5.07. The summed E-state index contributed by atoms with van der Waals surface area (Å²) >= 11 is 11.2. The van der Waals surface area contributed by atoms with Crippen molar-refractivity contribution in [1.29, 1.82) is 0 Å². The molecular weight excluding hydrogens is 250 g/mol. The highest BCUT2D eigenvalue weighted by Gasteiger charge is 2.39. The van der Waals surface area contributed by atoms with Gasteiger partial charge in [-0.3, -0.25) is 0 Å². The van der Waals surface area contributed by atoms with E-state index in [0.29, 0.717) is 0 Å². The standard InChI is InChI=1S/C9H8Cl2F3N/c10-6-1-5(2-7(11)3-6)8(4-15)9(12,13)14/h1-3,8H,4,15H2. The fourth-order valence-electron chi connectivity index (χ4n) is 1.24. The molecule has 1 rings (SSSR count). The molecule has 1 aromatic rings. The molecule has 0 aromatic heterocycles. The Kier molecular flexibility index (Phi) is 3.87. The van der Waals surface area contributed by atoms with Gasteiger partial charge in [-0.05, 0) is 23.8 Å². The molecule has 0 fully saturated rings. The minimum absolute atomic E-state index is 0.0116. The number of halogens is 5. The average molecular weight is 258 g/mol. The Morgan fingerprint density at radius 3 is 1.93 bits per heavy atom. The van der Waals surface area contributed by atoms with E-state index >= 15 is 0 Å². The molecule has 0 amide bonds. The van der Waals surface area contributed by atoms with Crippen molar-refractivity contribution in [1.82, 2.24) is 0 Å². The maximum atomic E-state index is 12.5. The first-order chi connectivity index (χ1) is 6.84. The zero-order valence-corrected chi connectivity index (χ0v) is 9.00. The maximum Gasteiger partial charge on any atom is 0.396 e. The van der Waals surface area contributed by atoms with E-state index in [4.69, 9.17) is 28.9 Å². The summed E-state index contributed by atoms with van der Waals surface area (Å²) in [5, 5.41) is 0.334. The van der Waals surface area contributed by atoms with E-state index in [1.807, 2.05) is 0 Å². The Labute approximate surface area is 95.0 Å². The molecule has 0 aliphatic rings. The molecule has 0 heterocycles. The molecular formula is C9H8Cl2F3N. The number of rotatable bonds is 2. The first kappa shape index (κ1) is 12.6. The van der Waals surface area contributed by atoms with Gasteiger partial charge in [0.1, 0.15) is 0 Å². The van der Waals surface area contributed by atoms with Crippen LogP contribution < -0.4 is 5.73 Å². The quantitative estimate of drug-likeness (QED) is 0.861. The highest BCUT2D eigenvalue weighted by molar-refractivity contribution is 6.34. The van der Waals surface area contributed by atoms with Crippen LogP contribution in [0.4, 0.5) is 13.2 Å². The van der Waals surface area contributed by atoms with E-state index in [1.54, 1.807) is 0 Å². The predicted octanol–water partition coefficient (Wildman–Crippen LogP) is 3.60. The zero-order valence-electron chi connectivity index (χ0n) is 7.48. The lowest BCUT2D eigenvalue weighted by Crippen LogP contribution is -2.28. The van der Waals surface area contributed by atoms with Crippen LogP contribution in [-0.4, -0.2) is 12.7 Å². The van der Waals surface area contributed by atoms with Gasteiger partial charge in [0, 0.05) is 16.6 Å². The lowest BCUT2D eigenvalue weighted by molar-refractivity contribution is -0.148. The first-order valence-corrected chi connectivity index (χ1v) is 4.83. The first-order valence-electron chi connectivity index (χ1n) is 4.07. The van der Waals surface area contributed by atoms with E-state index < -0.39 is 18.6 Å². The van der Waals surface area contributed by atoms with E-state index in [0.717, 1.165) is 0 Å². The van der Waals surface area contributed by atoms with Crippen molar-refractivity contribution in [2.45, 2.75) is 12.1 Å². The van der Waals surface area contributed by atoms with Crippen molar-refractivity contribution in [3.63, 3.8) is 0 Å². The molecule has 1 nitrogen and oxygen atoms in total. The predicted molar refractivity (Wildman–Crippen MR) is 54.3 cm³/mol. The molecule has 1 aromatic carbocycles. The molecule has 6 heteroatoms. The van der Waals surface area contributed by atoms with Crippen LogP contribution in [0.15, 0.2) is 18.2 Å². The van der Waals surface area contributed by atoms with Gasteiger partial charge in [0.25, 0.3) is 0 Å². The van der Waals surface area contributed by atoms with Gasteiger partial charge < -0.3 is 5.73 Å². The maximum absolute atomic E-state index is 12.5. The van der Waals surface area contributed by atoms with Crippen LogP contribution in [-0.2, 0) is 0 Å². The van der Waals surface area contributed by atoms with Crippen LogP contribution in [0.3, 0.4) is 0 Å². The third-order valence-electron chi connectivity index (χ3n) is 1.92. The largest absolute Gasteiger partial charge is 0.396 e. The minimum atomic E-state index is -4.39. The molecule has 0 bridgehead atoms. The van der Waals surface area contributed by atoms with Crippen molar-refractivity contribution in [2.75, 3.05) is 6.54 Å². The van der Waals surface area contributed by atoms with Crippen LogP contribution in [0.5, 0.6) is 0 Å². The molecule has 0 saturated carbocycles. The number of alkyl halides is 3. The molecule has 0 radical (unpaired) electrons. The third kappa shape index (κ3) is 3.26. The lowest BCUT2D eigenvalue weighted by atomic mass is 9.99. The number of hydrogen-bond acceptors (Lipinski definition) is 1. The summed E-state index contributed by atoms with van der Waals surface area (Å²) in [6, 6.07) is 3.81. The fraction of sp³-hybridized carbons (Fsp3) is 0.333. The normalized spacial score (nSPS) is 14.0. The van der Waals surface area contributed by atoms with Gasteiger partial charge in [0.15, 0.2) is 0 Å². The summed E-state index contributed by atoms with van der Waals surface area (Å²) < 4.78 is 37.5. The van der Waals surface area contributed by atoms with E-state index in [1.165, 1.54) is 18.2 Å². The summed E-state index contributed by atoms with van der Waals surface area (Å²) in [4.78, 5) is 0. The average Bonchev–Trinajstić information content (AvgIpc) is 1.99. The molecule has 1 unspecified atom stereocenters. The van der Waals surface area contributed by atoms with Crippen LogP contribution in [0.2, 0.25) is 10.0 Å². The molecule has 84 valence electrons. The van der Waals surface area contributed by atoms with Crippen LogP contribution in [0, 0.1) is 0 Å². The summed E-state index contributed by atoms with van der Waals surface area (Å²) in [6.07, 6.45) is -4.39. The molecule has 0 spiro atoms. The third-order valence-corrected chi connectivity index (χ3v) is 2.35. The van der Waals surface area contributed by atoms with Crippen LogP contribution in [0.25, 0.3) is 0 Å². The Morgan fingerprint density at radius 2 is 1.60 bits per heavy atom. The van der Waals surface area contributed by atoms with Gasteiger partial charge in [0.05, 0.1) is 5.92 Å². The van der Waals surface area contributed by atoms with Gasteiger partial charge in [-0.2, -0.15) is 13.2 Å². The minimum Gasteiger partial charge on any atom is -0.330 e. The SMILES string of the molecule is NCC(c1cc(Cl)cc(Cl)c1)C(F)(F)F. The van der Waals surface area contributed by atoms with Crippen LogP contribution >= 0.6 is 23.2 Å². The van der Waals surface area contributed by atoms with Crippen molar-refractivity contribution in [3.05, 3.63) is 33.8 Å². The lowest BCUT2D eigenvalue weighted by Gasteiger charge is -2.19. The molecule has 15 heavy (non-hydrogen) atoms. The van der Waals surface area contributed by atoms with Gasteiger partial charge in [0.2, 0.25) is 0 Å². The Balaban J connectivity index is 3.13. The summed E-state index contributed by atoms with van der Waals surface area (Å²) in [5.74, 6) is -1.73. The van der Waals surface area contributed by atoms with Crippen molar-refractivity contribution >= 4 is 23.2 Å². The van der Waals surface area contributed by atoms with E-state index in [-0.39, 0.29) is 15.6 Å². The van der Waals surface area contributed by atoms with Crippen molar-refractivity contribution in [3.8, 4) is 0 Å². The topological polar surface area (TPSA) is 26.0 Å². The molecule has 0 aliphatic heterocycles. The Morgan fingerprint density at radius 1 is 1.13 bits per heavy atom. The van der Waals surface area contributed by atoms with Crippen LogP contribution in [0.1, 0.15) is 11.5 Å². The monoisotopic (exact) mass is 257 g/mol. The van der Waals surface area contributed by atoms with E-state index in [2.05, 4.69) is 0 Å². The molecule has 0 saturated heterocycles. The van der Waals surface area contributed by atoms with Gasteiger partial charge in [-0.1, -0.05) is 23.2 Å². The molecule has 2 N–H and O–H groups in total. The highest BCUT2D eigenvalue weighted by atomic mass is 35.5. The highest BCUT2D eigenvalue weighted by Crippen LogP contribution is 2.36. The number of benzene rings is 1. The second-order valence-electron chi connectivity index (χ2n) is 3.03. The number of nitrogens with two attached hydrogens (primary N) is 1. The van der Waals surface area contributed by atoms with Crippen molar-refractivity contribution in [2.24, 2.45) is 5.73 Å². The second kappa shape index (κ2) is 4.60. The number of hydrogen-bond donors (Lipinski definition) is 1. The Bertz CT molecular complexity index is 331. The fourth-order valence-corrected chi connectivity index (χ4v) is 1.78. The smallest absolute Gasteiger partial charge is 0.330 e. The van der Waals surface area contributed by atoms with Gasteiger partial charge in [-0.15, -0.1) is 0 Å². The molecule has 0 aliphatic carbocycles. The Hall–Kier alpha value is -0.450. The molecule has 1 atom stereocenters. The second-order valence-corrected chi connectivity index (χ2v) is 3.91. The summed E-state index contributed by atoms with van der Waals surface area (Å²) in [6.45, 7) is -0.528. The summed E-state index contributed by atoms with van der Waals surface area (Å²) in [7, 11) is 0. The van der Waals surface area contributed by atoms with E-state index in [9.17, 15) is 13.2 Å². The van der Waals surface area contributed by atoms with Crippen molar-refractivity contribution < 1.29 is 13.2 Å². The van der Waals surface area contributed by atoms with Gasteiger partial charge in [-0.25, -0.2) is 0 Å². The zero-order chi connectivity index (χ0) is 11.6.